The van der Waals surface area contributed by atoms with Gasteiger partial charge in [-0.05, 0) is 55.6 Å². The minimum Gasteiger partial charge on any atom is -0.329 e. The second-order valence-corrected chi connectivity index (χ2v) is 6.08. The van der Waals surface area contributed by atoms with E-state index in [0.29, 0.717) is 6.04 Å². The molecule has 3 heterocycles. The van der Waals surface area contributed by atoms with E-state index in [2.05, 4.69) is 20.6 Å². The van der Waals surface area contributed by atoms with E-state index >= 15 is 0 Å². The van der Waals surface area contributed by atoms with E-state index in [1.54, 1.807) is 0 Å². The molecule has 3 rings (SSSR count). The van der Waals surface area contributed by atoms with Crippen molar-refractivity contribution in [1.29, 1.82) is 0 Å². The maximum atomic E-state index is 5.44. The van der Waals surface area contributed by atoms with Crippen molar-refractivity contribution in [3.05, 3.63) is 22.6 Å². The maximum Gasteiger partial charge on any atom is 0.179 e. The van der Waals surface area contributed by atoms with Gasteiger partial charge in [0.05, 0.1) is 5.52 Å². The molecule has 0 amide bonds. The van der Waals surface area contributed by atoms with E-state index in [1.165, 1.54) is 24.3 Å². The average molecular weight is 265 g/mol. The van der Waals surface area contributed by atoms with E-state index in [9.17, 15) is 0 Å². The van der Waals surface area contributed by atoms with Crippen molar-refractivity contribution < 1.29 is 0 Å². The third-order valence-electron chi connectivity index (χ3n) is 3.26. The van der Waals surface area contributed by atoms with Gasteiger partial charge in [-0.15, -0.1) is 0 Å². The van der Waals surface area contributed by atoms with Gasteiger partial charge in [-0.3, -0.25) is 4.57 Å². The third-order valence-corrected chi connectivity index (χ3v) is 4.61. The first kappa shape index (κ1) is 11.3. The molecule has 17 heavy (non-hydrogen) atoms. The van der Waals surface area contributed by atoms with Crippen LogP contribution < -0.4 is 0 Å². The van der Waals surface area contributed by atoms with Crippen LogP contribution in [0.3, 0.4) is 0 Å². The number of nitrogens with zero attached hydrogens (tertiary/aromatic N) is 2. The first-order valence-electron chi connectivity index (χ1n) is 5.91. The summed E-state index contributed by atoms with van der Waals surface area (Å²) in [5.41, 5.74) is 3.12. The second kappa shape index (κ2) is 4.46. The Balaban J connectivity index is 2.16. The van der Waals surface area contributed by atoms with Crippen molar-refractivity contribution in [3.8, 4) is 0 Å². The van der Waals surface area contributed by atoms with Crippen LogP contribution >= 0.6 is 24.0 Å². The van der Waals surface area contributed by atoms with E-state index in [-0.39, 0.29) is 0 Å². The fraction of sp³-hybridized carbons (Fsp3) is 0.500. The molecule has 0 radical (unpaired) electrons. The molecule has 0 aliphatic carbocycles. The molecule has 0 bridgehead atoms. The van der Waals surface area contributed by atoms with Gasteiger partial charge in [0.15, 0.2) is 10.4 Å². The summed E-state index contributed by atoms with van der Waals surface area (Å²) >= 11 is 7.47. The minimum absolute atomic E-state index is 0.520. The molecule has 1 N–H and O–H groups in total. The Hall–Kier alpha value is -0.810. The molecule has 1 saturated heterocycles. The monoisotopic (exact) mass is 265 g/mol. The fourth-order valence-electron chi connectivity index (χ4n) is 2.38. The Morgan fingerprint density at radius 3 is 2.94 bits per heavy atom. The lowest BCUT2D eigenvalue weighted by Crippen LogP contribution is -2.15. The van der Waals surface area contributed by atoms with E-state index < -0.39 is 0 Å². The molecular weight excluding hydrogens is 250 g/mol. The number of hydrogen-bond acceptors (Lipinski definition) is 3. The minimum atomic E-state index is 0.520. The quantitative estimate of drug-likeness (QED) is 0.802. The summed E-state index contributed by atoms with van der Waals surface area (Å²) in [4.78, 5) is 7.89. The molecule has 0 aromatic carbocycles. The predicted molar refractivity (Wildman–Crippen MR) is 75.3 cm³/mol. The molecule has 1 aliphatic rings. The third kappa shape index (κ3) is 2.02. The van der Waals surface area contributed by atoms with Gasteiger partial charge < -0.3 is 4.98 Å². The van der Waals surface area contributed by atoms with E-state index in [1.807, 2.05) is 24.8 Å². The van der Waals surface area contributed by atoms with Gasteiger partial charge in [0.25, 0.3) is 0 Å². The van der Waals surface area contributed by atoms with Crippen LogP contribution in [0.5, 0.6) is 0 Å². The lowest BCUT2D eigenvalue weighted by atomic mass is 10.1. The molecule has 90 valence electrons. The van der Waals surface area contributed by atoms with Crippen LogP contribution in [0.2, 0.25) is 0 Å². The molecule has 0 atom stereocenters. The van der Waals surface area contributed by atoms with Gasteiger partial charge in [-0.25, -0.2) is 4.98 Å². The number of aromatic nitrogens is 3. The number of rotatable bonds is 1. The highest BCUT2D eigenvalue weighted by molar-refractivity contribution is 7.99. The Morgan fingerprint density at radius 1 is 1.41 bits per heavy atom. The fourth-order valence-corrected chi connectivity index (χ4v) is 3.81. The first-order valence-corrected chi connectivity index (χ1v) is 7.47. The molecule has 5 heteroatoms. The number of aryl methyl sites for hydroxylation is 1. The summed E-state index contributed by atoms with van der Waals surface area (Å²) in [5, 5.41) is 0. The van der Waals surface area contributed by atoms with Crippen molar-refractivity contribution in [2.45, 2.75) is 25.8 Å². The molecule has 0 spiro atoms. The predicted octanol–water partition coefficient (Wildman–Crippen LogP) is 3.47. The number of imidazole rings is 1. The SMILES string of the molecule is Cc1ccc2[nH]c(=S)n(C3CCSCC3)c2n1. The number of nitrogens with one attached hydrogen (secondary N) is 1. The highest BCUT2D eigenvalue weighted by Crippen LogP contribution is 2.29. The van der Waals surface area contributed by atoms with Crippen molar-refractivity contribution in [2.75, 3.05) is 11.5 Å². The highest BCUT2D eigenvalue weighted by atomic mass is 32.2. The zero-order valence-corrected chi connectivity index (χ0v) is 11.4. The van der Waals surface area contributed by atoms with Gasteiger partial charge in [-0.2, -0.15) is 11.8 Å². The molecule has 1 fully saturated rings. The molecule has 2 aromatic heterocycles. The number of pyridine rings is 1. The van der Waals surface area contributed by atoms with E-state index in [0.717, 1.165) is 21.6 Å². The van der Waals surface area contributed by atoms with Crippen molar-refractivity contribution >= 4 is 35.1 Å². The lowest BCUT2D eigenvalue weighted by molar-refractivity contribution is 0.473. The van der Waals surface area contributed by atoms with Crippen LogP contribution in [0.25, 0.3) is 11.2 Å². The number of fused-ring (bicyclic) bond motifs is 1. The van der Waals surface area contributed by atoms with Crippen LogP contribution in [0.15, 0.2) is 12.1 Å². The van der Waals surface area contributed by atoms with Crippen LogP contribution in [-0.2, 0) is 0 Å². The van der Waals surface area contributed by atoms with Gasteiger partial charge in [0.2, 0.25) is 0 Å². The van der Waals surface area contributed by atoms with E-state index in [4.69, 9.17) is 12.2 Å². The van der Waals surface area contributed by atoms with Crippen LogP contribution in [0.1, 0.15) is 24.6 Å². The zero-order valence-electron chi connectivity index (χ0n) is 9.77. The zero-order chi connectivity index (χ0) is 11.8. The molecule has 0 unspecified atom stereocenters. The summed E-state index contributed by atoms with van der Waals surface area (Å²) in [6, 6.07) is 4.61. The molecule has 2 aromatic rings. The highest BCUT2D eigenvalue weighted by Gasteiger charge is 2.19. The van der Waals surface area contributed by atoms with Gasteiger partial charge in [0.1, 0.15) is 0 Å². The molecule has 0 saturated carbocycles. The molecule has 3 nitrogen and oxygen atoms in total. The standard InChI is InChI=1S/C12H15N3S2/c1-8-2-3-10-11(13-8)15(12(16)14-10)9-4-6-17-7-5-9/h2-3,9H,4-7H2,1H3,(H,14,16). The smallest absolute Gasteiger partial charge is 0.179 e. The summed E-state index contributed by atoms with van der Waals surface area (Å²) in [5.74, 6) is 2.45. The van der Waals surface area contributed by atoms with Gasteiger partial charge in [0, 0.05) is 11.7 Å². The average Bonchev–Trinajstić information content (AvgIpc) is 2.65. The Bertz CT molecular complexity index is 593. The maximum absolute atomic E-state index is 5.44. The second-order valence-electron chi connectivity index (χ2n) is 4.47. The summed E-state index contributed by atoms with van der Waals surface area (Å²) < 4.78 is 3.03. The largest absolute Gasteiger partial charge is 0.329 e. The number of aromatic amines is 1. The Labute approximate surface area is 110 Å². The Morgan fingerprint density at radius 2 is 2.18 bits per heavy atom. The van der Waals surface area contributed by atoms with Crippen molar-refractivity contribution in [3.63, 3.8) is 0 Å². The van der Waals surface area contributed by atoms with Crippen LogP contribution in [0.4, 0.5) is 0 Å². The Kier molecular flexibility index (Phi) is 2.96. The van der Waals surface area contributed by atoms with Crippen molar-refractivity contribution in [1.82, 2.24) is 14.5 Å². The van der Waals surface area contributed by atoms with Crippen LogP contribution in [-0.4, -0.2) is 26.0 Å². The van der Waals surface area contributed by atoms with Crippen molar-refractivity contribution in [2.24, 2.45) is 0 Å². The normalized spacial score (nSPS) is 17.7. The van der Waals surface area contributed by atoms with Gasteiger partial charge >= 0.3 is 0 Å². The summed E-state index contributed by atoms with van der Waals surface area (Å²) in [6.07, 6.45) is 2.39. The molecule has 1 aliphatic heterocycles. The topological polar surface area (TPSA) is 33.6 Å². The summed E-state index contributed by atoms with van der Waals surface area (Å²) in [6.45, 7) is 2.02. The first-order chi connectivity index (χ1) is 8.25. The number of thioether (sulfide) groups is 1. The molecular formula is C12H15N3S2. The van der Waals surface area contributed by atoms with Crippen LogP contribution in [0, 0.1) is 11.7 Å². The lowest BCUT2D eigenvalue weighted by Gasteiger charge is -2.23. The number of hydrogen-bond donors (Lipinski definition) is 1. The number of H-pyrrole nitrogens is 1. The van der Waals surface area contributed by atoms with Gasteiger partial charge in [-0.1, -0.05) is 0 Å². The summed E-state index contributed by atoms with van der Waals surface area (Å²) in [7, 11) is 0.